The highest BCUT2D eigenvalue weighted by atomic mass is 19.1. The number of pyridine rings is 1. The summed E-state index contributed by atoms with van der Waals surface area (Å²) in [4.78, 5) is 31.1. The predicted molar refractivity (Wildman–Crippen MR) is 118 cm³/mol. The molecule has 1 fully saturated rings. The van der Waals surface area contributed by atoms with Crippen molar-refractivity contribution in [3.8, 4) is 5.75 Å². The largest absolute Gasteiger partial charge is 0.491 e. The lowest BCUT2D eigenvalue weighted by atomic mass is 9.84. The van der Waals surface area contributed by atoms with Crippen molar-refractivity contribution < 1.29 is 23.5 Å². The Balaban J connectivity index is 1.44. The number of carbonyl (C=O) groups is 2. The van der Waals surface area contributed by atoms with Crippen LogP contribution in [0.1, 0.15) is 54.6 Å². The standard InChI is InChI=1S/C25H27FN2O4/c1-16(2)31-22-5-4-18(10-17(22)3)24(30)28-8-6-25(7-9-28)13-21(29)12-23(32-25)19-11-20(26)15-27-14-19/h4-5,10-12,14-16H,6-9,13H2,1-3H3. The van der Waals surface area contributed by atoms with Crippen LogP contribution in [0.25, 0.3) is 5.76 Å². The monoisotopic (exact) mass is 438 g/mol. The summed E-state index contributed by atoms with van der Waals surface area (Å²) in [5.41, 5.74) is 1.28. The predicted octanol–water partition coefficient (Wildman–Crippen LogP) is 4.32. The topological polar surface area (TPSA) is 68.7 Å². The molecule has 0 unspecified atom stereocenters. The fraction of sp³-hybridized carbons (Fsp3) is 0.400. The van der Waals surface area contributed by atoms with Gasteiger partial charge < -0.3 is 14.4 Å². The van der Waals surface area contributed by atoms with Crippen LogP contribution in [-0.2, 0) is 9.53 Å². The summed E-state index contributed by atoms with van der Waals surface area (Å²) < 4.78 is 25.6. The first-order valence-electron chi connectivity index (χ1n) is 10.9. The molecule has 0 radical (unpaired) electrons. The van der Waals surface area contributed by atoms with Crippen LogP contribution in [0.3, 0.4) is 0 Å². The van der Waals surface area contributed by atoms with Gasteiger partial charge in [-0.15, -0.1) is 0 Å². The Bertz CT molecular complexity index is 1070. The molecule has 32 heavy (non-hydrogen) atoms. The molecule has 0 saturated carbocycles. The number of aryl methyl sites for hydroxylation is 1. The molecule has 2 aliphatic heterocycles. The van der Waals surface area contributed by atoms with Gasteiger partial charge in [0.25, 0.3) is 5.91 Å². The maximum Gasteiger partial charge on any atom is 0.253 e. The molecule has 7 heteroatoms. The number of hydrogen-bond acceptors (Lipinski definition) is 5. The van der Waals surface area contributed by atoms with Crippen molar-refractivity contribution in [3.63, 3.8) is 0 Å². The van der Waals surface area contributed by atoms with Crippen molar-refractivity contribution in [3.05, 3.63) is 65.2 Å². The third-order valence-corrected chi connectivity index (χ3v) is 5.85. The van der Waals surface area contributed by atoms with Gasteiger partial charge in [0.05, 0.1) is 18.7 Å². The number of nitrogens with zero attached hydrogens (tertiary/aromatic N) is 2. The second kappa shape index (κ2) is 8.73. The molecule has 1 aromatic carbocycles. The molecule has 2 aromatic rings. The zero-order valence-electron chi connectivity index (χ0n) is 18.6. The molecular weight excluding hydrogens is 411 g/mol. The van der Waals surface area contributed by atoms with Crippen molar-refractivity contribution in [1.29, 1.82) is 0 Å². The van der Waals surface area contributed by atoms with Gasteiger partial charge in [-0.3, -0.25) is 14.6 Å². The van der Waals surface area contributed by atoms with Crippen LogP contribution in [0.15, 0.2) is 42.7 Å². The molecule has 1 amide bonds. The molecule has 2 aliphatic rings. The van der Waals surface area contributed by atoms with E-state index in [4.69, 9.17) is 9.47 Å². The number of ether oxygens (including phenoxy) is 2. The minimum Gasteiger partial charge on any atom is -0.491 e. The zero-order chi connectivity index (χ0) is 22.9. The Labute approximate surface area is 187 Å². The van der Waals surface area contributed by atoms with Gasteiger partial charge >= 0.3 is 0 Å². The van der Waals surface area contributed by atoms with E-state index in [0.29, 0.717) is 42.8 Å². The molecule has 1 aromatic heterocycles. The van der Waals surface area contributed by atoms with Gasteiger partial charge in [-0.05, 0) is 50.6 Å². The van der Waals surface area contributed by atoms with Gasteiger partial charge in [0.15, 0.2) is 5.78 Å². The van der Waals surface area contributed by atoms with Crippen molar-refractivity contribution >= 4 is 17.4 Å². The lowest BCUT2D eigenvalue weighted by Gasteiger charge is -2.43. The summed E-state index contributed by atoms with van der Waals surface area (Å²) in [6.45, 7) is 6.81. The van der Waals surface area contributed by atoms with E-state index in [9.17, 15) is 14.0 Å². The van der Waals surface area contributed by atoms with E-state index in [1.807, 2.05) is 32.9 Å². The fourth-order valence-electron chi connectivity index (χ4n) is 4.25. The van der Waals surface area contributed by atoms with E-state index in [1.165, 1.54) is 18.3 Å². The van der Waals surface area contributed by atoms with Gasteiger partial charge in [0, 0.05) is 49.3 Å². The zero-order valence-corrected chi connectivity index (χ0v) is 18.6. The SMILES string of the molecule is Cc1cc(C(=O)N2CCC3(CC2)CC(=O)C=C(c2cncc(F)c2)O3)ccc1OC(C)C. The molecule has 3 heterocycles. The number of hydrogen-bond donors (Lipinski definition) is 0. The molecule has 0 bridgehead atoms. The third-order valence-electron chi connectivity index (χ3n) is 5.85. The maximum atomic E-state index is 13.6. The second-order valence-corrected chi connectivity index (χ2v) is 8.77. The Hall–Kier alpha value is -3.22. The first-order valence-corrected chi connectivity index (χ1v) is 10.9. The Morgan fingerprint density at radius 1 is 1.22 bits per heavy atom. The first-order chi connectivity index (χ1) is 15.2. The van der Waals surface area contributed by atoms with E-state index < -0.39 is 11.4 Å². The number of piperidine rings is 1. The van der Waals surface area contributed by atoms with Crippen molar-refractivity contribution in [2.75, 3.05) is 13.1 Å². The molecule has 0 aliphatic carbocycles. The minimum absolute atomic E-state index is 0.0497. The van der Waals surface area contributed by atoms with Crippen LogP contribution in [0.5, 0.6) is 5.75 Å². The average Bonchev–Trinajstić information content (AvgIpc) is 2.74. The summed E-state index contributed by atoms with van der Waals surface area (Å²) in [7, 11) is 0. The molecule has 168 valence electrons. The van der Waals surface area contributed by atoms with Gasteiger partial charge in [0.1, 0.15) is 22.9 Å². The van der Waals surface area contributed by atoms with Gasteiger partial charge in [-0.1, -0.05) is 0 Å². The molecule has 0 N–H and O–H groups in total. The number of likely N-dealkylation sites (tertiary alicyclic amines) is 1. The number of amides is 1. The summed E-state index contributed by atoms with van der Waals surface area (Å²) in [6.07, 6.45) is 5.36. The van der Waals surface area contributed by atoms with Crippen LogP contribution in [-0.4, -0.2) is 46.4 Å². The number of allylic oxidation sites excluding steroid dienone is 1. The Morgan fingerprint density at radius 3 is 2.62 bits per heavy atom. The number of halogens is 1. The quantitative estimate of drug-likeness (QED) is 0.711. The van der Waals surface area contributed by atoms with Crippen LogP contribution in [0.2, 0.25) is 0 Å². The molecular formula is C25H27FN2O4. The van der Waals surface area contributed by atoms with Crippen LogP contribution in [0.4, 0.5) is 4.39 Å². The van der Waals surface area contributed by atoms with Crippen molar-refractivity contribution in [2.45, 2.75) is 51.7 Å². The second-order valence-electron chi connectivity index (χ2n) is 8.77. The molecule has 6 nitrogen and oxygen atoms in total. The van der Waals surface area contributed by atoms with E-state index in [0.717, 1.165) is 17.5 Å². The molecule has 4 rings (SSSR count). The van der Waals surface area contributed by atoms with Crippen molar-refractivity contribution in [1.82, 2.24) is 9.88 Å². The Kier molecular flexibility index (Phi) is 6.00. The van der Waals surface area contributed by atoms with Crippen LogP contribution >= 0.6 is 0 Å². The highest BCUT2D eigenvalue weighted by molar-refractivity contribution is 5.98. The lowest BCUT2D eigenvalue weighted by molar-refractivity contribution is -0.123. The number of benzene rings is 1. The first kappa shape index (κ1) is 22.0. The Morgan fingerprint density at radius 2 is 1.97 bits per heavy atom. The maximum absolute atomic E-state index is 13.6. The number of aromatic nitrogens is 1. The van der Waals surface area contributed by atoms with Crippen LogP contribution < -0.4 is 4.74 Å². The normalized spacial score (nSPS) is 17.8. The van der Waals surface area contributed by atoms with E-state index in [-0.39, 0.29) is 24.2 Å². The molecule has 1 saturated heterocycles. The molecule has 0 atom stereocenters. The summed E-state index contributed by atoms with van der Waals surface area (Å²) >= 11 is 0. The van der Waals surface area contributed by atoms with Crippen LogP contribution in [0, 0.1) is 12.7 Å². The molecule has 1 spiro atoms. The third kappa shape index (κ3) is 4.66. The smallest absolute Gasteiger partial charge is 0.253 e. The highest BCUT2D eigenvalue weighted by Crippen LogP contribution is 2.38. The van der Waals surface area contributed by atoms with Gasteiger partial charge in [-0.25, -0.2) is 4.39 Å². The number of rotatable bonds is 4. The summed E-state index contributed by atoms with van der Waals surface area (Å²) in [5, 5.41) is 0. The summed E-state index contributed by atoms with van der Waals surface area (Å²) in [5.74, 6) is 0.511. The van der Waals surface area contributed by atoms with Crippen molar-refractivity contribution in [2.24, 2.45) is 0 Å². The van der Waals surface area contributed by atoms with E-state index >= 15 is 0 Å². The van der Waals surface area contributed by atoms with Gasteiger partial charge in [0.2, 0.25) is 0 Å². The fourth-order valence-corrected chi connectivity index (χ4v) is 4.25. The lowest BCUT2D eigenvalue weighted by Crippen LogP contribution is -2.49. The number of ketones is 1. The highest BCUT2D eigenvalue weighted by Gasteiger charge is 2.42. The van der Waals surface area contributed by atoms with E-state index in [1.54, 1.807) is 11.0 Å². The number of carbonyl (C=O) groups excluding carboxylic acids is 2. The minimum atomic E-state index is -0.685. The van der Waals surface area contributed by atoms with E-state index in [2.05, 4.69) is 4.98 Å². The average molecular weight is 438 g/mol. The summed E-state index contributed by atoms with van der Waals surface area (Å²) in [6, 6.07) is 6.78. The van der Waals surface area contributed by atoms with Gasteiger partial charge in [-0.2, -0.15) is 0 Å².